The predicted octanol–water partition coefficient (Wildman–Crippen LogP) is 14.5. The van der Waals surface area contributed by atoms with Gasteiger partial charge in [-0.05, 0) is 115 Å². The topological polar surface area (TPSA) is 6.48 Å². The van der Waals surface area contributed by atoms with Gasteiger partial charge in [-0.2, -0.15) is 0 Å². The van der Waals surface area contributed by atoms with E-state index in [4.69, 9.17) is 0 Å². The summed E-state index contributed by atoms with van der Waals surface area (Å²) in [6.07, 6.45) is 0. The third-order valence-electron chi connectivity index (χ3n) is 13.4. The van der Waals surface area contributed by atoms with Gasteiger partial charge in [0.25, 0.3) is 0 Å². The van der Waals surface area contributed by atoms with E-state index >= 15 is 0 Å². The Bertz CT molecular complexity index is 2880. The number of fused-ring (bicyclic) bond motifs is 10. The number of nitrogens with zero attached hydrogens (tertiary/aromatic N) is 2. The zero-order valence-corrected chi connectivity index (χ0v) is 32.4. The van der Waals surface area contributed by atoms with E-state index < -0.39 is 0 Å². The summed E-state index contributed by atoms with van der Waals surface area (Å²) in [4.78, 5) is 4.97. The minimum atomic E-state index is -0.155. The summed E-state index contributed by atoms with van der Waals surface area (Å²) >= 11 is 0. The molecule has 1 aliphatic carbocycles. The van der Waals surface area contributed by atoms with E-state index in [1.165, 1.54) is 100 Å². The Morgan fingerprint density at radius 2 is 0.727 bits per heavy atom. The zero-order valence-electron chi connectivity index (χ0n) is 32.4. The van der Waals surface area contributed by atoms with Crippen molar-refractivity contribution in [2.45, 2.75) is 57.8 Å². The van der Waals surface area contributed by atoms with Crippen molar-refractivity contribution in [1.82, 2.24) is 0 Å². The number of para-hydroxylation sites is 3. The maximum atomic E-state index is 2.53. The van der Waals surface area contributed by atoms with E-state index in [0.29, 0.717) is 0 Å². The quantitative estimate of drug-likeness (QED) is 0.165. The maximum Gasteiger partial charge on any atom is 0.0509 e. The highest BCUT2D eigenvalue weighted by molar-refractivity contribution is 6.10. The van der Waals surface area contributed by atoms with Gasteiger partial charge in [0.15, 0.2) is 0 Å². The Morgan fingerprint density at radius 1 is 0.309 bits per heavy atom. The van der Waals surface area contributed by atoms with Crippen LogP contribution in [0.4, 0.5) is 34.1 Å². The zero-order chi connectivity index (χ0) is 37.4. The van der Waals surface area contributed by atoms with Gasteiger partial charge in [-0.15, -0.1) is 0 Å². The Labute approximate surface area is 324 Å². The molecule has 3 aliphatic rings. The van der Waals surface area contributed by atoms with Crippen molar-refractivity contribution in [2.24, 2.45) is 0 Å². The number of benzene rings is 8. The number of anilines is 6. The van der Waals surface area contributed by atoms with Crippen LogP contribution in [0.25, 0.3) is 32.7 Å². The molecule has 0 bridgehead atoms. The second-order valence-corrected chi connectivity index (χ2v) is 17.4. The number of rotatable bonds is 2. The molecule has 8 aromatic carbocycles. The highest BCUT2D eigenvalue weighted by Crippen LogP contribution is 2.58. The second-order valence-electron chi connectivity index (χ2n) is 17.4. The summed E-state index contributed by atoms with van der Waals surface area (Å²) in [5, 5.41) is 5.02. The van der Waals surface area contributed by atoms with Crippen molar-refractivity contribution in [3.63, 3.8) is 0 Å². The third kappa shape index (κ3) is 4.31. The Hall–Kier alpha value is -6.12. The Morgan fingerprint density at radius 3 is 1.25 bits per heavy atom. The lowest BCUT2D eigenvalue weighted by molar-refractivity contribution is 0.620. The van der Waals surface area contributed by atoms with Crippen LogP contribution in [0.2, 0.25) is 0 Å². The molecular weight excluding hydrogens is 665 g/mol. The van der Waals surface area contributed by atoms with Crippen LogP contribution >= 0.6 is 0 Å². The molecule has 8 aromatic rings. The smallest absolute Gasteiger partial charge is 0.0509 e. The third-order valence-corrected chi connectivity index (χ3v) is 13.4. The van der Waals surface area contributed by atoms with Gasteiger partial charge in [0, 0.05) is 27.6 Å². The summed E-state index contributed by atoms with van der Waals surface area (Å²) in [5.74, 6) is 0. The largest absolute Gasteiger partial charge is 0.310 e. The monoisotopic (exact) mass is 708 g/mol. The van der Waals surface area contributed by atoms with Gasteiger partial charge in [-0.1, -0.05) is 151 Å². The molecule has 2 nitrogen and oxygen atoms in total. The van der Waals surface area contributed by atoms with Crippen LogP contribution in [0, 0.1) is 0 Å². The molecule has 55 heavy (non-hydrogen) atoms. The van der Waals surface area contributed by atoms with E-state index in [-0.39, 0.29) is 16.2 Å². The van der Waals surface area contributed by atoms with Crippen LogP contribution in [0.1, 0.15) is 74.9 Å². The van der Waals surface area contributed by atoms with Crippen molar-refractivity contribution in [3.8, 4) is 11.1 Å². The Balaban J connectivity index is 1.06. The molecule has 2 heterocycles. The molecule has 0 spiro atoms. The van der Waals surface area contributed by atoms with Crippen LogP contribution < -0.4 is 9.80 Å². The lowest BCUT2D eigenvalue weighted by atomic mass is 9.71. The van der Waals surface area contributed by atoms with Crippen LogP contribution in [-0.4, -0.2) is 0 Å². The molecule has 0 amide bonds. The van der Waals surface area contributed by atoms with Gasteiger partial charge in [-0.3, -0.25) is 0 Å². The van der Waals surface area contributed by atoms with Crippen molar-refractivity contribution in [1.29, 1.82) is 0 Å². The van der Waals surface area contributed by atoms with E-state index in [1.807, 2.05) is 0 Å². The van der Waals surface area contributed by atoms with Gasteiger partial charge in [0.1, 0.15) is 0 Å². The van der Waals surface area contributed by atoms with E-state index in [9.17, 15) is 0 Å². The highest BCUT2D eigenvalue weighted by atomic mass is 15.2. The van der Waals surface area contributed by atoms with Gasteiger partial charge < -0.3 is 9.80 Å². The van der Waals surface area contributed by atoms with E-state index in [1.54, 1.807) is 0 Å². The standard InChI is InChI=1S/C53H44N2/c1-51(2)41-16-8-7-15-39(41)40-31-50-46(32-45(40)51)53(5,6)44-19-11-14-22-49(44)55(50)36-26-28-38-34(30-36)24-23-33-29-35(25-27-37(33)38)54-47-20-12-9-17-42(47)52(3,4)43-18-10-13-21-48(43)54/h7-32H,1-6H3. The van der Waals surface area contributed by atoms with Gasteiger partial charge in [0.2, 0.25) is 0 Å². The fourth-order valence-corrected chi connectivity index (χ4v) is 10.4. The van der Waals surface area contributed by atoms with Crippen LogP contribution in [0.3, 0.4) is 0 Å². The number of hydrogen-bond acceptors (Lipinski definition) is 2. The van der Waals surface area contributed by atoms with Crippen molar-refractivity contribution in [3.05, 3.63) is 191 Å². The van der Waals surface area contributed by atoms with E-state index in [2.05, 4.69) is 209 Å². The molecule has 2 aliphatic heterocycles. The number of hydrogen-bond donors (Lipinski definition) is 0. The first-order valence-electron chi connectivity index (χ1n) is 19.7. The molecular formula is C53H44N2. The summed E-state index contributed by atoms with van der Waals surface area (Å²) < 4.78 is 0. The van der Waals surface area contributed by atoms with Crippen LogP contribution in [-0.2, 0) is 16.2 Å². The summed E-state index contributed by atoms with van der Waals surface area (Å²) in [5.41, 5.74) is 18.1. The van der Waals surface area contributed by atoms with Gasteiger partial charge in [0.05, 0.1) is 22.7 Å². The average Bonchev–Trinajstić information content (AvgIpc) is 3.42. The first-order valence-corrected chi connectivity index (χ1v) is 19.7. The van der Waals surface area contributed by atoms with Crippen molar-refractivity contribution in [2.75, 3.05) is 9.80 Å². The lowest BCUT2D eigenvalue weighted by Crippen LogP contribution is -2.31. The summed E-state index contributed by atoms with van der Waals surface area (Å²) in [6, 6.07) is 59.5. The minimum absolute atomic E-state index is 0.0555. The van der Waals surface area contributed by atoms with Crippen molar-refractivity contribution < 1.29 is 0 Å². The molecule has 11 rings (SSSR count). The molecule has 266 valence electrons. The normalized spacial score (nSPS) is 16.5. The molecule has 0 radical (unpaired) electrons. The average molecular weight is 709 g/mol. The SMILES string of the molecule is CC1(C)c2ccccc2-c2cc3c(cc21)C(C)(C)c1ccccc1N3c1ccc2c(ccc3cc(N4c5ccccc5C(C)(C)c5ccccc54)ccc32)c1. The molecule has 0 N–H and O–H groups in total. The molecule has 0 atom stereocenters. The predicted molar refractivity (Wildman–Crippen MR) is 233 cm³/mol. The van der Waals surface area contributed by atoms with Crippen LogP contribution in [0.15, 0.2) is 158 Å². The molecule has 0 aromatic heterocycles. The molecule has 0 fully saturated rings. The molecule has 0 saturated carbocycles. The van der Waals surface area contributed by atoms with Crippen molar-refractivity contribution >= 4 is 55.7 Å². The van der Waals surface area contributed by atoms with Crippen LogP contribution in [0.5, 0.6) is 0 Å². The second kappa shape index (κ2) is 11.0. The van der Waals surface area contributed by atoms with Gasteiger partial charge in [-0.25, -0.2) is 0 Å². The lowest BCUT2D eigenvalue weighted by Gasteiger charge is -2.43. The first kappa shape index (κ1) is 32.3. The Kier molecular flexibility index (Phi) is 6.45. The fourth-order valence-electron chi connectivity index (χ4n) is 10.4. The first-order chi connectivity index (χ1) is 26.5. The summed E-state index contributed by atoms with van der Waals surface area (Å²) in [6.45, 7) is 14.2. The molecule has 2 heteroatoms. The maximum absolute atomic E-state index is 2.53. The summed E-state index contributed by atoms with van der Waals surface area (Å²) in [7, 11) is 0. The van der Waals surface area contributed by atoms with E-state index in [0.717, 1.165) is 0 Å². The molecule has 0 unspecified atom stereocenters. The molecule has 0 saturated heterocycles. The highest BCUT2D eigenvalue weighted by Gasteiger charge is 2.42. The van der Waals surface area contributed by atoms with Gasteiger partial charge >= 0.3 is 0 Å². The minimum Gasteiger partial charge on any atom is -0.310 e. The fraction of sp³-hybridized carbons (Fsp3) is 0.170.